The molecule has 0 saturated carbocycles. The minimum absolute atomic E-state index is 0.0683. The molecule has 0 atom stereocenters. The van der Waals surface area contributed by atoms with E-state index in [1.807, 2.05) is 0 Å². The van der Waals surface area contributed by atoms with Gasteiger partial charge in [0.2, 0.25) is 0 Å². The molecule has 3 rings (SSSR count). The Morgan fingerprint density at radius 3 is 1.62 bits per heavy atom. The second-order valence-electron chi connectivity index (χ2n) is 6.96. The van der Waals surface area contributed by atoms with Crippen LogP contribution in [0.25, 0.3) is 0 Å². The molecule has 1 heterocycles. The highest BCUT2D eigenvalue weighted by Crippen LogP contribution is 2.50. The van der Waals surface area contributed by atoms with Crippen LogP contribution < -0.4 is 11.2 Å². The molecular formula is C21H15F7N2O2. The van der Waals surface area contributed by atoms with Crippen molar-refractivity contribution in [3.8, 4) is 0 Å². The van der Waals surface area contributed by atoms with E-state index in [0.717, 1.165) is 0 Å². The lowest BCUT2D eigenvalue weighted by atomic mass is 10.0. The van der Waals surface area contributed by atoms with E-state index < -0.39 is 47.9 Å². The van der Waals surface area contributed by atoms with Crippen LogP contribution >= 0.6 is 0 Å². The van der Waals surface area contributed by atoms with E-state index in [0.29, 0.717) is 10.1 Å². The van der Waals surface area contributed by atoms with Gasteiger partial charge in [-0.15, -0.1) is 0 Å². The molecule has 1 aromatic heterocycles. The van der Waals surface area contributed by atoms with Crippen molar-refractivity contribution in [2.75, 3.05) is 0 Å². The molecule has 0 aliphatic heterocycles. The summed E-state index contributed by atoms with van der Waals surface area (Å²) < 4.78 is 95.1. The Morgan fingerprint density at radius 2 is 1.16 bits per heavy atom. The third-order valence-corrected chi connectivity index (χ3v) is 4.70. The smallest absolute Gasteiger partial charge is 0.295 e. The number of nitrogens with zero attached hydrogens (tertiary/aromatic N) is 2. The van der Waals surface area contributed by atoms with Gasteiger partial charge in [-0.2, -0.15) is 30.7 Å². The fourth-order valence-corrected chi connectivity index (χ4v) is 3.01. The molecular weight excluding hydrogens is 445 g/mol. The maximum atomic E-state index is 14.5. The Kier molecular flexibility index (Phi) is 6.03. The molecule has 0 aliphatic carbocycles. The Balaban J connectivity index is 2.25. The van der Waals surface area contributed by atoms with Gasteiger partial charge in [-0.05, 0) is 11.1 Å². The van der Waals surface area contributed by atoms with E-state index in [9.17, 15) is 40.3 Å². The van der Waals surface area contributed by atoms with Crippen molar-refractivity contribution in [2.24, 2.45) is 0 Å². The summed E-state index contributed by atoms with van der Waals surface area (Å²) in [6, 6.07) is 15.2. The van der Waals surface area contributed by atoms with Crippen molar-refractivity contribution in [1.29, 1.82) is 0 Å². The molecule has 0 amide bonds. The molecule has 0 fully saturated rings. The van der Waals surface area contributed by atoms with E-state index in [2.05, 4.69) is 0 Å². The SMILES string of the molecule is O=c1c(C(F)(F)C(F)(F)C(F)(F)F)cn(Cc2ccccc2)c(=O)n1Cc1ccccc1. The maximum absolute atomic E-state index is 14.5. The van der Waals surface area contributed by atoms with E-state index >= 15 is 0 Å². The number of rotatable bonds is 6. The molecule has 170 valence electrons. The van der Waals surface area contributed by atoms with E-state index in [-0.39, 0.29) is 16.3 Å². The summed E-state index contributed by atoms with van der Waals surface area (Å²) in [5.41, 5.74) is -4.56. The summed E-state index contributed by atoms with van der Waals surface area (Å²) in [5.74, 6) is -12.5. The van der Waals surface area contributed by atoms with Gasteiger partial charge in [-0.1, -0.05) is 60.7 Å². The first-order chi connectivity index (χ1) is 14.9. The average molecular weight is 460 g/mol. The number of hydrogen-bond acceptors (Lipinski definition) is 2. The van der Waals surface area contributed by atoms with Crippen LogP contribution in [0.3, 0.4) is 0 Å². The van der Waals surface area contributed by atoms with Gasteiger partial charge in [-0.3, -0.25) is 13.9 Å². The van der Waals surface area contributed by atoms with Crippen LogP contribution in [0.4, 0.5) is 30.7 Å². The van der Waals surface area contributed by atoms with Crippen molar-refractivity contribution >= 4 is 0 Å². The largest absolute Gasteiger partial charge is 0.460 e. The third kappa shape index (κ3) is 4.19. The third-order valence-electron chi connectivity index (χ3n) is 4.70. The molecule has 0 radical (unpaired) electrons. The minimum Gasteiger partial charge on any atom is -0.295 e. The van der Waals surface area contributed by atoms with E-state index in [4.69, 9.17) is 0 Å². The predicted molar refractivity (Wildman–Crippen MR) is 101 cm³/mol. The molecule has 11 heteroatoms. The molecule has 32 heavy (non-hydrogen) atoms. The first-order valence-corrected chi connectivity index (χ1v) is 9.11. The topological polar surface area (TPSA) is 44.0 Å². The fraction of sp³-hybridized carbons (Fsp3) is 0.238. The summed E-state index contributed by atoms with van der Waals surface area (Å²) in [5, 5.41) is 0. The maximum Gasteiger partial charge on any atom is 0.460 e. The molecule has 0 bridgehead atoms. The van der Waals surface area contributed by atoms with Crippen molar-refractivity contribution in [1.82, 2.24) is 9.13 Å². The monoisotopic (exact) mass is 460 g/mol. The van der Waals surface area contributed by atoms with Crippen molar-refractivity contribution in [3.63, 3.8) is 0 Å². The lowest BCUT2D eigenvalue weighted by Gasteiger charge is -2.28. The molecule has 0 unspecified atom stereocenters. The number of halogens is 7. The van der Waals surface area contributed by atoms with Gasteiger partial charge in [0, 0.05) is 6.20 Å². The van der Waals surface area contributed by atoms with Crippen LogP contribution in [0.5, 0.6) is 0 Å². The molecule has 0 spiro atoms. The summed E-state index contributed by atoms with van der Waals surface area (Å²) in [6.45, 7) is -1.04. The molecule has 0 saturated heterocycles. The molecule has 4 nitrogen and oxygen atoms in total. The Hall–Kier alpha value is -3.37. The minimum atomic E-state index is -6.63. The van der Waals surface area contributed by atoms with Crippen LogP contribution in [0.15, 0.2) is 76.4 Å². The lowest BCUT2D eigenvalue weighted by molar-refractivity contribution is -0.360. The Bertz CT molecular complexity index is 1200. The summed E-state index contributed by atoms with van der Waals surface area (Å²) in [4.78, 5) is 25.4. The van der Waals surface area contributed by atoms with Crippen LogP contribution in [0, 0.1) is 0 Å². The first kappa shape index (κ1) is 23.3. The number of aromatic nitrogens is 2. The number of alkyl halides is 7. The summed E-state index contributed by atoms with van der Waals surface area (Å²) >= 11 is 0. The fourth-order valence-electron chi connectivity index (χ4n) is 3.01. The Labute approximate surface area is 176 Å². The lowest BCUT2D eigenvalue weighted by Crippen LogP contribution is -2.54. The highest BCUT2D eigenvalue weighted by molar-refractivity contribution is 5.22. The standard InChI is InChI=1S/C21H15F7N2O2/c22-19(23,20(24,25)21(26,27)28)16-13-29(11-14-7-3-1-4-8-14)18(32)30(17(16)31)12-15-9-5-2-6-10-15/h1-10,13H,11-12H2. The van der Waals surface area contributed by atoms with Crippen molar-refractivity contribution < 1.29 is 30.7 Å². The van der Waals surface area contributed by atoms with E-state index in [1.165, 1.54) is 36.4 Å². The first-order valence-electron chi connectivity index (χ1n) is 9.11. The van der Waals surface area contributed by atoms with Gasteiger partial charge in [0.25, 0.3) is 5.56 Å². The zero-order valence-electron chi connectivity index (χ0n) is 16.1. The second kappa shape index (κ2) is 8.29. The second-order valence-corrected chi connectivity index (χ2v) is 6.96. The Morgan fingerprint density at radius 1 is 0.688 bits per heavy atom. The highest BCUT2D eigenvalue weighted by Gasteiger charge is 2.74. The zero-order valence-corrected chi connectivity index (χ0v) is 16.1. The van der Waals surface area contributed by atoms with Crippen molar-refractivity contribution in [2.45, 2.75) is 31.1 Å². The molecule has 3 aromatic rings. The summed E-state index contributed by atoms with van der Waals surface area (Å²) in [6.07, 6.45) is -6.56. The summed E-state index contributed by atoms with van der Waals surface area (Å²) in [7, 11) is 0. The quantitative estimate of drug-likeness (QED) is 0.512. The molecule has 0 aliphatic rings. The van der Waals surface area contributed by atoms with E-state index in [1.54, 1.807) is 24.3 Å². The van der Waals surface area contributed by atoms with Gasteiger partial charge in [-0.25, -0.2) is 4.79 Å². The normalized spacial score (nSPS) is 12.7. The van der Waals surface area contributed by atoms with Crippen molar-refractivity contribution in [3.05, 3.63) is 104 Å². The zero-order chi connectivity index (χ0) is 23.7. The van der Waals surface area contributed by atoms with Crippen LogP contribution in [0.1, 0.15) is 16.7 Å². The predicted octanol–water partition coefficient (Wildman–Crippen LogP) is 4.40. The average Bonchev–Trinajstić information content (AvgIpc) is 2.73. The van der Waals surface area contributed by atoms with Crippen LogP contribution in [-0.4, -0.2) is 21.2 Å². The van der Waals surface area contributed by atoms with Crippen LogP contribution in [0.2, 0.25) is 0 Å². The molecule has 0 N–H and O–H groups in total. The van der Waals surface area contributed by atoms with Gasteiger partial charge < -0.3 is 0 Å². The van der Waals surface area contributed by atoms with Gasteiger partial charge >= 0.3 is 23.7 Å². The highest BCUT2D eigenvalue weighted by atomic mass is 19.4. The van der Waals surface area contributed by atoms with Gasteiger partial charge in [0.1, 0.15) is 5.56 Å². The molecule has 2 aromatic carbocycles. The van der Waals surface area contributed by atoms with Crippen LogP contribution in [-0.2, 0) is 19.0 Å². The number of hydrogen-bond donors (Lipinski definition) is 0. The van der Waals surface area contributed by atoms with Gasteiger partial charge in [0.15, 0.2) is 0 Å². The number of benzene rings is 2. The van der Waals surface area contributed by atoms with Gasteiger partial charge in [0.05, 0.1) is 13.1 Å².